The lowest BCUT2D eigenvalue weighted by Crippen LogP contribution is -2.31. The zero-order valence-electron chi connectivity index (χ0n) is 12.4. The van der Waals surface area contributed by atoms with Gasteiger partial charge in [0.1, 0.15) is 17.7 Å². The van der Waals surface area contributed by atoms with Crippen LogP contribution in [0.4, 0.5) is 4.39 Å². The molecule has 0 spiro atoms. The number of hydrogen-bond donors (Lipinski definition) is 1. The van der Waals surface area contributed by atoms with E-state index in [9.17, 15) is 4.39 Å². The van der Waals surface area contributed by atoms with E-state index in [4.69, 9.17) is 4.74 Å². The number of ether oxygens (including phenoxy) is 1. The van der Waals surface area contributed by atoms with Gasteiger partial charge in [0.15, 0.2) is 0 Å². The van der Waals surface area contributed by atoms with E-state index in [2.05, 4.69) is 31.3 Å². The number of nitrogens with one attached hydrogen (secondary N) is 1. The summed E-state index contributed by atoms with van der Waals surface area (Å²) in [5.41, 5.74) is 3.64. The summed E-state index contributed by atoms with van der Waals surface area (Å²) in [6.07, 6.45) is 1.12. The first-order valence-electron chi connectivity index (χ1n) is 7.37. The normalized spacial score (nSPS) is 18.1. The van der Waals surface area contributed by atoms with Gasteiger partial charge in [0, 0.05) is 19.0 Å². The van der Waals surface area contributed by atoms with Crippen LogP contribution in [-0.4, -0.2) is 12.6 Å². The van der Waals surface area contributed by atoms with Crippen molar-refractivity contribution in [3.63, 3.8) is 0 Å². The molecule has 1 N–H and O–H groups in total. The molecule has 2 aromatic rings. The zero-order chi connectivity index (χ0) is 14.8. The molecule has 0 fully saturated rings. The van der Waals surface area contributed by atoms with Crippen LogP contribution in [0.1, 0.15) is 29.7 Å². The Balaban J connectivity index is 1.56. The molecule has 2 aromatic carbocycles. The highest BCUT2D eigenvalue weighted by Gasteiger charge is 2.23. The van der Waals surface area contributed by atoms with E-state index < -0.39 is 0 Å². The van der Waals surface area contributed by atoms with Crippen molar-refractivity contribution in [1.82, 2.24) is 5.32 Å². The molecule has 0 bridgehead atoms. The molecule has 0 saturated heterocycles. The summed E-state index contributed by atoms with van der Waals surface area (Å²) in [6, 6.07) is 13.1. The van der Waals surface area contributed by atoms with E-state index in [-0.39, 0.29) is 18.0 Å². The van der Waals surface area contributed by atoms with Crippen molar-refractivity contribution in [2.24, 2.45) is 0 Å². The Morgan fingerprint density at radius 3 is 2.76 bits per heavy atom. The van der Waals surface area contributed by atoms with E-state index >= 15 is 0 Å². The second-order valence-corrected chi connectivity index (χ2v) is 5.74. The van der Waals surface area contributed by atoms with Gasteiger partial charge in [-0.25, -0.2) is 4.39 Å². The van der Waals surface area contributed by atoms with Crippen LogP contribution in [0.25, 0.3) is 0 Å². The second-order valence-electron chi connectivity index (χ2n) is 5.74. The van der Waals surface area contributed by atoms with Crippen LogP contribution < -0.4 is 10.1 Å². The van der Waals surface area contributed by atoms with E-state index in [0.717, 1.165) is 24.3 Å². The summed E-state index contributed by atoms with van der Waals surface area (Å²) >= 11 is 0. The predicted octanol–water partition coefficient (Wildman–Crippen LogP) is 3.79. The third kappa shape index (κ3) is 3.24. The Labute approximate surface area is 125 Å². The monoisotopic (exact) mass is 285 g/mol. The maximum absolute atomic E-state index is 12.9. The number of fused-ring (bicyclic) bond motifs is 1. The lowest BCUT2D eigenvalue weighted by atomic mass is 10.1. The summed E-state index contributed by atoms with van der Waals surface area (Å²) in [5.74, 6) is 0.803. The van der Waals surface area contributed by atoms with Crippen LogP contribution in [-0.2, 0) is 6.42 Å². The minimum Gasteiger partial charge on any atom is -0.488 e. The fourth-order valence-electron chi connectivity index (χ4n) is 2.74. The molecule has 2 atom stereocenters. The Kier molecular flexibility index (Phi) is 3.93. The van der Waals surface area contributed by atoms with Gasteiger partial charge < -0.3 is 10.1 Å². The third-order valence-electron chi connectivity index (χ3n) is 3.98. The van der Waals surface area contributed by atoms with Gasteiger partial charge >= 0.3 is 0 Å². The molecule has 1 aliphatic heterocycles. The average Bonchev–Trinajstić information content (AvgIpc) is 2.87. The fraction of sp³-hybridized carbons (Fsp3) is 0.333. The Bertz CT molecular complexity index is 624. The van der Waals surface area contributed by atoms with Gasteiger partial charge in [-0.3, -0.25) is 0 Å². The first-order valence-corrected chi connectivity index (χ1v) is 7.37. The molecule has 0 saturated carbocycles. The van der Waals surface area contributed by atoms with Crippen LogP contribution in [0.5, 0.6) is 5.75 Å². The van der Waals surface area contributed by atoms with Crippen molar-refractivity contribution in [1.29, 1.82) is 0 Å². The number of hydrogen-bond acceptors (Lipinski definition) is 2. The number of aryl methyl sites for hydroxylation is 1. The van der Waals surface area contributed by atoms with Crippen molar-refractivity contribution in [3.05, 3.63) is 65.0 Å². The largest absolute Gasteiger partial charge is 0.488 e. The first-order chi connectivity index (χ1) is 10.1. The molecule has 1 aliphatic rings. The molecule has 3 rings (SSSR count). The molecule has 110 valence electrons. The Morgan fingerprint density at radius 1 is 1.24 bits per heavy atom. The Hall–Kier alpha value is -1.87. The molecular weight excluding hydrogens is 265 g/mol. The summed E-state index contributed by atoms with van der Waals surface area (Å²) in [7, 11) is 0. The molecule has 3 heteroatoms. The molecule has 0 aliphatic carbocycles. The number of halogens is 1. The lowest BCUT2D eigenvalue weighted by molar-refractivity contribution is 0.222. The van der Waals surface area contributed by atoms with Gasteiger partial charge in [-0.05, 0) is 43.2 Å². The molecule has 0 amide bonds. The van der Waals surface area contributed by atoms with Crippen molar-refractivity contribution >= 4 is 0 Å². The number of rotatable bonds is 4. The van der Waals surface area contributed by atoms with Gasteiger partial charge in [0.2, 0.25) is 0 Å². The zero-order valence-corrected chi connectivity index (χ0v) is 12.4. The quantitative estimate of drug-likeness (QED) is 0.923. The smallest absolute Gasteiger partial charge is 0.123 e. The summed E-state index contributed by atoms with van der Waals surface area (Å²) in [5, 5.41) is 3.46. The maximum Gasteiger partial charge on any atom is 0.123 e. The van der Waals surface area contributed by atoms with Crippen molar-refractivity contribution in [2.45, 2.75) is 32.4 Å². The topological polar surface area (TPSA) is 21.3 Å². The van der Waals surface area contributed by atoms with Crippen molar-refractivity contribution in [2.75, 3.05) is 6.54 Å². The van der Waals surface area contributed by atoms with Gasteiger partial charge in [0.05, 0.1) is 0 Å². The van der Waals surface area contributed by atoms with E-state index in [1.54, 1.807) is 0 Å². The molecular formula is C18H20FNO. The number of benzene rings is 2. The first kappa shape index (κ1) is 14.1. The molecule has 0 radical (unpaired) electrons. The highest BCUT2D eigenvalue weighted by molar-refractivity contribution is 5.40. The van der Waals surface area contributed by atoms with Gasteiger partial charge in [-0.2, -0.15) is 0 Å². The molecule has 1 heterocycles. The van der Waals surface area contributed by atoms with Crippen LogP contribution in [0.3, 0.4) is 0 Å². The second kappa shape index (κ2) is 5.86. The van der Waals surface area contributed by atoms with Crippen LogP contribution in [0, 0.1) is 12.7 Å². The molecule has 2 nitrogen and oxygen atoms in total. The summed E-state index contributed by atoms with van der Waals surface area (Å²) in [4.78, 5) is 0. The van der Waals surface area contributed by atoms with Crippen LogP contribution in [0.15, 0.2) is 42.5 Å². The van der Waals surface area contributed by atoms with Gasteiger partial charge in [-0.15, -0.1) is 0 Å². The van der Waals surface area contributed by atoms with Gasteiger partial charge in [-0.1, -0.05) is 29.8 Å². The highest BCUT2D eigenvalue weighted by atomic mass is 19.1. The van der Waals surface area contributed by atoms with Crippen LogP contribution >= 0.6 is 0 Å². The van der Waals surface area contributed by atoms with E-state index in [1.807, 2.05) is 18.2 Å². The molecule has 21 heavy (non-hydrogen) atoms. The molecule has 0 aromatic heterocycles. The summed E-state index contributed by atoms with van der Waals surface area (Å²) < 4.78 is 18.9. The molecule has 1 unspecified atom stereocenters. The van der Waals surface area contributed by atoms with E-state index in [1.165, 1.54) is 23.3 Å². The van der Waals surface area contributed by atoms with Gasteiger partial charge in [0.25, 0.3) is 0 Å². The third-order valence-corrected chi connectivity index (χ3v) is 3.98. The standard InChI is InChI=1S/C18H20FNO/c1-12-3-8-18-15(9-12)10-17(21-18)11-20-13(2)14-4-6-16(19)7-5-14/h3-9,13,17,20H,10-11H2,1-2H3/t13-,17?/m0/s1. The SMILES string of the molecule is Cc1ccc2c(c1)CC(CN[C@@H](C)c1ccc(F)cc1)O2. The van der Waals surface area contributed by atoms with Crippen molar-refractivity contribution < 1.29 is 9.13 Å². The average molecular weight is 285 g/mol. The summed E-state index contributed by atoms with van der Waals surface area (Å²) in [6.45, 7) is 4.97. The maximum atomic E-state index is 12.9. The highest BCUT2D eigenvalue weighted by Crippen LogP contribution is 2.29. The van der Waals surface area contributed by atoms with Crippen LogP contribution in [0.2, 0.25) is 0 Å². The fourth-order valence-corrected chi connectivity index (χ4v) is 2.74. The van der Waals surface area contributed by atoms with Crippen molar-refractivity contribution in [3.8, 4) is 5.75 Å². The minimum atomic E-state index is -0.198. The lowest BCUT2D eigenvalue weighted by Gasteiger charge is -2.17. The Morgan fingerprint density at radius 2 is 2.00 bits per heavy atom. The van der Waals surface area contributed by atoms with E-state index in [0.29, 0.717) is 0 Å². The predicted molar refractivity (Wildman–Crippen MR) is 82.1 cm³/mol. The minimum absolute atomic E-state index is 0.171.